The molecule has 1 aromatic carbocycles. The van der Waals surface area contributed by atoms with Gasteiger partial charge in [-0.25, -0.2) is 0 Å². The monoisotopic (exact) mass is 285 g/mol. The SMILES string of the molecule is Cc1nnc(-n2nnc(C=O)c2-c2ccccc2C)s1. The second-order valence-corrected chi connectivity index (χ2v) is 5.43. The quantitative estimate of drug-likeness (QED) is 0.690. The number of hydrogen-bond acceptors (Lipinski definition) is 6. The van der Waals surface area contributed by atoms with E-state index in [1.165, 1.54) is 11.3 Å². The van der Waals surface area contributed by atoms with Crippen LogP contribution >= 0.6 is 11.3 Å². The molecule has 6 nitrogen and oxygen atoms in total. The molecule has 2 heterocycles. The van der Waals surface area contributed by atoms with Crippen LogP contribution in [0.2, 0.25) is 0 Å². The van der Waals surface area contributed by atoms with Gasteiger partial charge in [-0.15, -0.1) is 15.3 Å². The molecule has 0 N–H and O–H groups in total. The normalized spacial score (nSPS) is 10.7. The summed E-state index contributed by atoms with van der Waals surface area (Å²) >= 11 is 1.40. The Kier molecular flexibility index (Phi) is 3.11. The van der Waals surface area contributed by atoms with E-state index in [4.69, 9.17) is 0 Å². The Bertz CT molecular complexity index is 777. The summed E-state index contributed by atoms with van der Waals surface area (Å²) in [6.07, 6.45) is 0.708. The van der Waals surface area contributed by atoms with Gasteiger partial charge in [-0.2, -0.15) is 4.68 Å². The molecular formula is C13H11N5OS. The fraction of sp³-hybridized carbons (Fsp3) is 0.154. The van der Waals surface area contributed by atoms with E-state index in [2.05, 4.69) is 20.5 Å². The largest absolute Gasteiger partial charge is 0.296 e. The van der Waals surface area contributed by atoms with Crippen LogP contribution in [-0.4, -0.2) is 31.5 Å². The van der Waals surface area contributed by atoms with Crippen LogP contribution in [0, 0.1) is 13.8 Å². The minimum Gasteiger partial charge on any atom is -0.296 e. The molecule has 0 amide bonds. The number of benzene rings is 1. The van der Waals surface area contributed by atoms with Crippen LogP contribution in [0.1, 0.15) is 21.1 Å². The molecule has 3 rings (SSSR count). The third-order valence-electron chi connectivity index (χ3n) is 2.90. The number of carbonyl (C=O) groups excluding carboxylic acids is 1. The lowest BCUT2D eigenvalue weighted by Gasteiger charge is -2.06. The number of aryl methyl sites for hydroxylation is 2. The van der Waals surface area contributed by atoms with Gasteiger partial charge in [-0.05, 0) is 19.4 Å². The molecule has 0 bridgehead atoms. The zero-order valence-corrected chi connectivity index (χ0v) is 11.8. The van der Waals surface area contributed by atoms with Gasteiger partial charge in [-0.1, -0.05) is 40.8 Å². The van der Waals surface area contributed by atoms with E-state index in [1.807, 2.05) is 38.1 Å². The lowest BCUT2D eigenvalue weighted by molar-refractivity contribution is 0.111. The lowest BCUT2D eigenvalue weighted by Crippen LogP contribution is -2.00. The van der Waals surface area contributed by atoms with Crippen molar-refractivity contribution in [3.05, 3.63) is 40.5 Å². The number of carbonyl (C=O) groups is 1. The van der Waals surface area contributed by atoms with Crippen molar-refractivity contribution in [3.63, 3.8) is 0 Å². The van der Waals surface area contributed by atoms with E-state index in [9.17, 15) is 4.79 Å². The Morgan fingerprint density at radius 2 is 1.95 bits per heavy atom. The van der Waals surface area contributed by atoms with Crippen molar-refractivity contribution in [2.45, 2.75) is 13.8 Å². The van der Waals surface area contributed by atoms with Crippen molar-refractivity contribution < 1.29 is 4.79 Å². The van der Waals surface area contributed by atoms with Gasteiger partial charge in [0.25, 0.3) is 0 Å². The highest BCUT2D eigenvalue weighted by molar-refractivity contribution is 7.13. The standard InChI is InChI=1S/C13H11N5OS/c1-8-5-3-4-6-10(8)12-11(7-19)15-17-18(12)13-16-14-9(2)20-13/h3-7H,1-2H3. The highest BCUT2D eigenvalue weighted by Crippen LogP contribution is 2.28. The predicted molar refractivity (Wildman–Crippen MR) is 75.1 cm³/mol. The molecule has 0 aliphatic carbocycles. The first-order chi connectivity index (χ1) is 9.70. The summed E-state index contributed by atoms with van der Waals surface area (Å²) in [7, 11) is 0. The fourth-order valence-corrected chi connectivity index (χ4v) is 2.61. The molecule has 7 heteroatoms. The molecule has 0 unspecified atom stereocenters. The van der Waals surface area contributed by atoms with E-state index in [1.54, 1.807) is 4.68 Å². The average Bonchev–Trinajstić information content (AvgIpc) is 3.05. The van der Waals surface area contributed by atoms with E-state index in [-0.39, 0.29) is 0 Å². The van der Waals surface area contributed by atoms with Crippen LogP contribution in [0.3, 0.4) is 0 Å². The molecule has 3 aromatic rings. The summed E-state index contributed by atoms with van der Waals surface area (Å²) in [6.45, 7) is 3.85. The van der Waals surface area contributed by atoms with E-state index >= 15 is 0 Å². The number of rotatable bonds is 3. The first-order valence-electron chi connectivity index (χ1n) is 5.98. The smallest absolute Gasteiger partial charge is 0.234 e. The second-order valence-electron chi connectivity index (χ2n) is 4.27. The Balaban J connectivity index is 2.26. The minimum atomic E-state index is 0.298. The van der Waals surface area contributed by atoms with E-state index in [0.717, 1.165) is 16.1 Å². The molecule has 0 spiro atoms. The van der Waals surface area contributed by atoms with Crippen LogP contribution in [0.5, 0.6) is 0 Å². The van der Waals surface area contributed by atoms with Crippen LogP contribution in [0.25, 0.3) is 16.4 Å². The second kappa shape index (κ2) is 4.93. The van der Waals surface area contributed by atoms with Crippen LogP contribution in [-0.2, 0) is 0 Å². The van der Waals surface area contributed by atoms with Crippen LogP contribution < -0.4 is 0 Å². The Morgan fingerprint density at radius 1 is 1.15 bits per heavy atom. The van der Waals surface area contributed by atoms with Crippen LogP contribution in [0.4, 0.5) is 0 Å². The van der Waals surface area contributed by atoms with Crippen LogP contribution in [0.15, 0.2) is 24.3 Å². The first kappa shape index (κ1) is 12.6. The van der Waals surface area contributed by atoms with Crippen molar-refractivity contribution in [3.8, 4) is 16.4 Å². The van der Waals surface area contributed by atoms with E-state index < -0.39 is 0 Å². The van der Waals surface area contributed by atoms with E-state index in [0.29, 0.717) is 22.8 Å². The van der Waals surface area contributed by atoms with Crippen molar-refractivity contribution >= 4 is 17.6 Å². The third kappa shape index (κ3) is 2.01. The Morgan fingerprint density at radius 3 is 2.60 bits per heavy atom. The van der Waals surface area contributed by atoms with Gasteiger partial charge in [0.1, 0.15) is 10.7 Å². The summed E-state index contributed by atoms with van der Waals surface area (Å²) in [5.41, 5.74) is 2.90. The van der Waals surface area contributed by atoms with Crippen molar-refractivity contribution in [2.75, 3.05) is 0 Å². The third-order valence-corrected chi connectivity index (χ3v) is 3.72. The maximum Gasteiger partial charge on any atom is 0.234 e. The highest BCUT2D eigenvalue weighted by atomic mass is 32.1. The molecule has 0 fully saturated rings. The molecule has 20 heavy (non-hydrogen) atoms. The zero-order chi connectivity index (χ0) is 14.1. The van der Waals surface area contributed by atoms with Gasteiger partial charge in [-0.3, -0.25) is 4.79 Å². The van der Waals surface area contributed by atoms with Crippen molar-refractivity contribution in [2.24, 2.45) is 0 Å². The summed E-state index contributed by atoms with van der Waals surface area (Å²) in [4.78, 5) is 11.2. The summed E-state index contributed by atoms with van der Waals surface area (Å²) in [5, 5.41) is 17.4. The molecule has 0 aliphatic heterocycles. The average molecular weight is 285 g/mol. The molecule has 0 saturated heterocycles. The van der Waals surface area contributed by atoms with Gasteiger partial charge in [0.15, 0.2) is 12.0 Å². The Hall–Kier alpha value is -2.41. The molecule has 0 aliphatic rings. The summed E-state index contributed by atoms with van der Waals surface area (Å²) in [6, 6.07) is 7.78. The van der Waals surface area contributed by atoms with Gasteiger partial charge in [0, 0.05) is 5.56 Å². The van der Waals surface area contributed by atoms with Crippen molar-refractivity contribution in [1.82, 2.24) is 25.2 Å². The molecule has 2 aromatic heterocycles. The molecule has 0 saturated carbocycles. The number of nitrogens with zero attached hydrogens (tertiary/aromatic N) is 5. The van der Waals surface area contributed by atoms with Gasteiger partial charge < -0.3 is 0 Å². The highest BCUT2D eigenvalue weighted by Gasteiger charge is 2.19. The van der Waals surface area contributed by atoms with Gasteiger partial charge in [0.2, 0.25) is 5.13 Å². The lowest BCUT2D eigenvalue weighted by atomic mass is 10.0. The maximum absolute atomic E-state index is 11.2. The van der Waals surface area contributed by atoms with Gasteiger partial charge in [0.05, 0.1) is 0 Å². The number of hydrogen-bond donors (Lipinski definition) is 0. The first-order valence-corrected chi connectivity index (χ1v) is 6.79. The predicted octanol–water partition coefficient (Wildman–Crippen LogP) is 2.22. The minimum absolute atomic E-state index is 0.298. The topological polar surface area (TPSA) is 73.6 Å². The Labute approximate surface area is 119 Å². The summed E-state index contributed by atoms with van der Waals surface area (Å²) in [5.74, 6) is 0. The molecule has 0 radical (unpaired) electrons. The summed E-state index contributed by atoms with van der Waals surface area (Å²) < 4.78 is 1.57. The fourth-order valence-electron chi connectivity index (χ4n) is 1.97. The maximum atomic E-state index is 11.2. The number of aromatic nitrogens is 5. The molecular weight excluding hydrogens is 274 g/mol. The molecule has 0 atom stereocenters. The molecule has 100 valence electrons. The number of aldehydes is 1. The van der Waals surface area contributed by atoms with Crippen molar-refractivity contribution in [1.29, 1.82) is 0 Å². The zero-order valence-electron chi connectivity index (χ0n) is 10.9. The van der Waals surface area contributed by atoms with Gasteiger partial charge >= 0.3 is 0 Å².